The van der Waals surface area contributed by atoms with Gasteiger partial charge >= 0.3 is 0 Å². The highest BCUT2D eigenvalue weighted by molar-refractivity contribution is 6.05. The van der Waals surface area contributed by atoms with Crippen LogP contribution in [0.2, 0.25) is 0 Å². The molecule has 0 bridgehead atoms. The highest BCUT2D eigenvalue weighted by atomic mass is 16.5. The van der Waals surface area contributed by atoms with Crippen molar-refractivity contribution in [2.75, 3.05) is 30.5 Å². The van der Waals surface area contributed by atoms with Gasteiger partial charge in [0.2, 0.25) is 0 Å². The summed E-state index contributed by atoms with van der Waals surface area (Å²) in [6.45, 7) is 8.54. The molecule has 36 heavy (non-hydrogen) atoms. The van der Waals surface area contributed by atoms with Gasteiger partial charge in [0.1, 0.15) is 23.0 Å². The van der Waals surface area contributed by atoms with Gasteiger partial charge in [-0.15, -0.1) is 0 Å². The van der Waals surface area contributed by atoms with E-state index in [2.05, 4.69) is 10.6 Å². The molecule has 0 aromatic heterocycles. The average molecular weight is 493 g/mol. The lowest BCUT2D eigenvalue weighted by atomic mass is 10.2. The minimum absolute atomic E-state index is 0.284. The van der Waals surface area contributed by atoms with Crippen LogP contribution in [0.1, 0.15) is 38.1 Å². The molecule has 2 amide bonds. The third kappa shape index (κ3) is 7.15. The van der Waals surface area contributed by atoms with Gasteiger partial charge in [-0.1, -0.05) is 18.2 Å². The Kier molecular flexibility index (Phi) is 9.56. The van der Waals surface area contributed by atoms with Crippen LogP contribution in [0.5, 0.6) is 23.0 Å². The van der Waals surface area contributed by atoms with Gasteiger partial charge in [0, 0.05) is 17.7 Å². The summed E-state index contributed by atoms with van der Waals surface area (Å²) >= 11 is 0. The van der Waals surface area contributed by atoms with Gasteiger partial charge in [0.25, 0.3) is 11.8 Å². The molecule has 0 saturated heterocycles. The summed E-state index contributed by atoms with van der Waals surface area (Å²) in [5, 5.41) is 5.72. The maximum absolute atomic E-state index is 12.9. The highest BCUT2D eigenvalue weighted by Crippen LogP contribution is 2.37. The molecule has 1 atom stereocenters. The second kappa shape index (κ2) is 13.0. The minimum Gasteiger partial charge on any atom is -0.494 e. The van der Waals surface area contributed by atoms with Gasteiger partial charge in [-0.25, -0.2) is 0 Å². The second-order valence-corrected chi connectivity index (χ2v) is 7.68. The molecule has 0 aliphatic heterocycles. The van der Waals surface area contributed by atoms with Crippen molar-refractivity contribution >= 4 is 23.2 Å². The molecule has 0 aliphatic carbocycles. The molecule has 3 rings (SSSR count). The van der Waals surface area contributed by atoms with Crippen molar-refractivity contribution in [2.24, 2.45) is 0 Å². The van der Waals surface area contributed by atoms with Crippen LogP contribution in [0.3, 0.4) is 0 Å². The van der Waals surface area contributed by atoms with Crippen LogP contribution in [0.4, 0.5) is 11.4 Å². The van der Waals surface area contributed by atoms with Gasteiger partial charge in [-0.05, 0) is 64.1 Å². The van der Waals surface area contributed by atoms with Gasteiger partial charge in [0.15, 0.2) is 6.10 Å². The molecule has 0 spiro atoms. The van der Waals surface area contributed by atoms with E-state index in [4.69, 9.17) is 18.9 Å². The van der Waals surface area contributed by atoms with Crippen LogP contribution >= 0.6 is 0 Å². The summed E-state index contributed by atoms with van der Waals surface area (Å²) in [6, 6.07) is 19.2. The van der Waals surface area contributed by atoms with Crippen molar-refractivity contribution in [3.8, 4) is 23.0 Å². The largest absolute Gasteiger partial charge is 0.494 e. The van der Waals surface area contributed by atoms with Crippen LogP contribution in [0.25, 0.3) is 0 Å². The fourth-order valence-electron chi connectivity index (χ4n) is 3.36. The monoisotopic (exact) mass is 492 g/mol. The van der Waals surface area contributed by atoms with E-state index >= 15 is 0 Å². The van der Waals surface area contributed by atoms with Crippen molar-refractivity contribution in [1.82, 2.24) is 0 Å². The van der Waals surface area contributed by atoms with E-state index in [-0.39, 0.29) is 11.8 Å². The number of hydrogen-bond acceptors (Lipinski definition) is 6. The smallest absolute Gasteiger partial charge is 0.265 e. The van der Waals surface area contributed by atoms with Crippen molar-refractivity contribution in [1.29, 1.82) is 0 Å². The van der Waals surface area contributed by atoms with Crippen LogP contribution in [0.15, 0.2) is 66.7 Å². The van der Waals surface area contributed by atoms with Crippen LogP contribution in [0, 0.1) is 0 Å². The maximum Gasteiger partial charge on any atom is 0.265 e. The number of hydrogen-bond donors (Lipinski definition) is 2. The lowest BCUT2D eigenvalue weighted by Crippen LogP contribution is -2.30. The summed E-state index contributed by atoms with van der Waals surface area (Å²) in [6.07, 6.45) is -0.787. The zero-order valence-corrected chi connectivity index (χ0v) is 21.0. The predicted molar refractivity (Wildman–Crippen MR) is 140 cm³/mol. The SMILES string of the molecule is CCOc1ccc(OC(C)C(=O)Nc2cc(OCC)c(NC(=O)c3ccccc3)cc2OCC)cc1. The van der Waals surface area contributed by atoms with Crippen LogP contribution in [-0.4, -0.2) is 37.7 Å². The third-order valence-corrected chi connectivity index (χ3v) is 5.04. The molecule has 3 aromatic carbocycles. The van der Waals surface area contributed by atoms with E-state index in [1.165, 1.54) is 0 Å². The summed E-state index contributed by atoms with van der Waals surface area (Å²) < 4.78 is 22.7. The highest BCUT2D eigenvalue weighted by Gasteiger charge is 2.20. The minimum atomic E-state index is -0.787. The number of carbonyl (C=O) groups is 2. The lowest BCUT2D eigenvalue weighted by Gasteiger charge is -2.19. The van der Waals surface area contributed by atoms with E-state index in [1.54, 1.807) is 67.6 Å². The predicted octanol–water partition coefficient (Wildman–Crippen LogP) is 5.54. The molecular formula is C28H32N2O6. The number of rotatable bonds is 12. The zero-order chi connectivity index (χ0) is 25.9. The van der Waals surface area contributed by atoms with E-state index in [0.717, 1.165) is 5.75 Å². The summed E-state index contributed by atoms with van der Waals surface area (Å²) in [7, 11) is 0. The maximum atomic E-state index is 12.9. The van der Waals surface area contributed by atoms with Crippen molar-refractivity contribution in [3.63, 3.8) is 0 Å². The molecule has 0 heterocycles. The Morgan fingerprint density at radius 2 is 1.25 bits per heavy atom. The van der Waals surface area contributed by atoms with Gasteiger partial charge in [0.05, 0.1) is 31.2 Å². The van der Waals surface area contributed by atoms with Gasteiger partial charge < -0.3 is 29.6 Å². The summed E-state index contributed by atoms with van der Waals surface area (Å²) in [5.74, 6) is 1.42. The molecule has 0 saturated carbocycles. The topological polar surface area (TPSA) is 95.1 Å². The Hall–Kier alpha value is -4.20. The van der Waals surface area contributed by atoms with E-state index < -0.39 is 6.10 Å². The first-order valence-corrected chi connectivity index (χ1v) is 12.0. The molecular weight excluding hydrogens is 460 g/mol. The number of amides is 2. The molecule has 8 heteroatoms. The Morgan fingerprint density at radius 3 is 1.81 bits per heavy atom. The number of carbonyl (C=O) groups excluding carboxylic acids is 2. The Balaban J connectivity index is 1.78. The Morgan fingerprint density at radius 1 is 0.722 bits per heavy atom. The quantitative estimate of drug-likeness (QED) is 0.345. The zero-order valence-electron chi connectivity index (χ0n) is 21.0. The number of nitrogens with one attached hydrogen (secondary N) is 2. The molecule has 0 fully saturated rings. The van der Waals surface area contributed by atoms with E-state index in [1.807, 2.05) is 26.8 Å². The molecule has 0 aliphatic rings. The first-order valence-electron chi connectivity index (χ1n) is 12.0. The molecule has 3 aromatic rings. The fourth-order valence-corrected chi connectivity index (χ4v) is 3.36. The summed E-state index contributed by atoms with van der Waals surface area (Å²) in [4.78, 5) is 25.7. The molecule has 1 unspecified atom stereocenters. The molecule has 8 nitrogen and oxygen atoms in total. The van der Waals surface area contributed by atoms with Crippen molar-refractivity contribution in [3.05, 3.63) is 72.3 Å². The van der Waals surface area contributed by atoms with E-state index in [9.17, 15) is 9.59 Å². The normalized spacial score (nSPS) is 11.2. The molecule has 190 valence electrons. The van der Waals surface area contributed by atoms with Crippen LogP contribution < -0.4 is 29.6 Å². The first kappa shape index (κ1) is 26.4. The third-order valence-electron chi connectivity index (χ3n) is 5.04. The average Bonchev–Trinajstić information content (AvgIpc) is 2.88. The van der Waals surface area contributed by atoms with Crippen molar-refractivity contribution in [2.45, 2.75) is 33.8 Å². The fraction of sp³-hybridized carbons (Fsp3) is 0.286. The first-order chi connectivity index (χ1) is 17.4. The Bertz CT molecular complexity index is 1150. The van der Waals surface area contributed by atoms with E-state index in [0.29, 0.717) is 54.0 Å². The van der Waals surface area contributed by atoms with Crippen LogP contribution in [-0.2, 0) is 4.79 Å². The summed E-state index contributed by atoms with van der Waals surface area (Å²) in [5.41, 5.74) is 1.35. The number of ether oxygens (including phenoxy) is 4. The number of anilines is 2. The molecule has 0 radical (unpaired) electrons. The van der Waals surface area contributed by atoms with Gasteiger partial charge in [-0.2, -0.15) is 0 Å². The lowest BCUT2D eigenvalue weighted by molar-refractivity contribution is -0.122. The standard InChI is InChI=1S/C28H32N2O6/c1-5-33-21-13-15-22(16-14-21)36-19(4)27(31)29-23-17-26(35-7-3)24(18-25(23)34-6-2)30-28(32)20-11-9-8-10-12-20/h8-19H,5-7H2,1-4H3,(H,29,31)(H,30,32). The second-order valence-electron chi connectivity index (χ2n) is 7.68. The van der Waals surface area contributed by atoms with Gasteiger partial charge in [-0.3, -0.25) is 9.59 Å². The van der Waals surface area contributed by atoms with Crippen molar-refractivity contribution < 1.29 is 28.5 Å². The number of benzene rings is 3. The Labute approximate surface area is 211 Å². The molecule has 2 N–H and O–H groups in total.